The minimum absolute atomic E-state index is 0.292. The predicted molar refractivity (Wildman–Crippen MR) is 47.2 cm³/mol. The zero-order valence-electron chi connectivity index (χ0n) is 7.32. The molecule has 3 nitrogen and oxygen atoms in total. The van der Waals surface area contributed by atoms with Gasteiger partial charge >= 0.3 is 0 Å². The number of hydrogen-bond donors (Lipinski definition) is 0. The average molecular weight is 178 g/mol. The van der Waals surface area contributed by atoms with Crippen molar-refractivity contribution in [2.45, 2.75) is 6.10 Å². The van der Waals surface area contributed by atoms with Crippen LogP contribution in [-0.2, 0) is 5.11 Å². The molecule has 0 bridgehead atoms. The van der Waals surface area contributed by atoms with Gasteiger partial charge in [0.1, 0.15) is 5.75 Å². The van der Waals surface area contributed by atoms with Crippen molar-refractivity contribution in [3.8, 4) is 5.75 Å². The van der Waals surface area contributed by atoms with Crippen molar-refractivity contribution < 1.29 is 14.6 Å². The highest BCUT2D eigenvalue weighted by Crippen LogP contribution is 2.18. The van der Waals surface area contributed by atoms with Crippen LogP contribution in [0.5, 0.6) is 5.75 Å². The molecule has 1 aromatic carbocycles. The summed E-state index contributed by atoms with van der Waals surface area (Å²) in [4.78, 5) is 11.3. The van der Waals surface area contributed by atoms with E-state index in [1.54, 1.807) is 24.3 Å². The van der Waals surface area contributed by atoms with Crippen molar-refractivity contribution in [3.05, 3.63) is 36.8 Å². The number of para-hydroxylation sites is 1. The van der Waals surface area contributed by atoms with Crippen molar-refractivity contribution >= 4 is 5.78 Å². The molecule has 0 heterocycles. The fourth-order valence-electron chi connectivity index (χ4n) is 1.02. The maximum Gasteiger partial charge on any atom is 0.198 e. The van der Waals surface area contributed by atoms with E-state index in [0.717, 1.165) is 0 Å². The van der Waals surface area contributed by atoms with Gasteiger partial charge in [-0.3, -0.25) is 4.79 Å². The number of Topliss-reactive ketones (excluding diaryl/α,β-unsaturated/α-hetero) is 1. The highest BCUT2D eigenvalue weighted by molar-refractivity contribution is 6.01. The van der Waals surface area contributed by atoms with Crippen LogP contribution in [0.2, 0.25) is 0 Å². The van der Waals surface area contributed by atoms with E-state index >= 15 is 0 Å². The zero-order valence-corrected chi connectivity index (χ0v) is 7.32. The molecule has 0 amide bonds. The summed E-state index contributed by atoms with van der Waals surface area (Å²) in [5.41, 5.74) is 0.292. The zero-order chi connectivity index (χ0) is 9.84. The van der Waals surface area contributed by atoms with Crippen LogP contribution in [0.4, 0.5) is 0 Å². The lowest BCUT2D eigenvalue weighted by atomic mass is 10.1. The van der Waals surface area contributed by atoms with Crippen molar-refractivity contribution in [1.29, 1.82) is 0 Å². The van der Waals surface area contributed by atoms with Gasteiger partial charge in [0.2, 0.25) is 0 Å². The molecule has 3 heteroatoms. The first kappa shape index (κ1) is 9.74. The molecule has 2 radical (unpaired) electrons. The molecule has 1 rings (SSSR count). The number of rotatable bonds is 3. The Hall–Kier alpha value is -1.35. The van der Waals surface area contributed by atoms with Gasteiger partial charge in [0.05, 0.1) is 12.7 Å². The van der Waals surface area contributed by atoms with Gasteiger partial charge in [0.25, 0.3) is 0 Å². The van der Waals surface area contributed by atoms with Crippen LogP contribution in [-0.4, -0.2) is 19.0 Å². The van der Waals surface area contributed by atoms with Crippen LogP contribution in [0.3, 0.4) is 0 Å². The molecule has 1 unspecified atom stereocenters. The molecule has 13 heavy (non-hydrogen) atoms. The Morgan fingerprint density at radius 1 is 1.46 bits per heavy atom. The summed E-state index contributed by atoms with van der Waals surface area (Å²) in [6.45, 7) is 3.13. The van der Waals surface area contributed by atoms with E-state index in [1.165, 1.54) is 7.11 Å². The van der Waals surface area contributed by atoms with Crippen molar-refractivity contribution in [2.24, 2.45) is 0 Å². The Balaban J connectivity index is 3.06. The van der Waals surface area contributed by atoms with E-state index in [2.05, 4.69) is 6.92 Å². The second-order valence-electron chi connectivity index (χ2n) is 2.55. The van der Waals surface area contributed by atoms with Crippen LogP contribution in [0.1, 0.15) is 10.4 Å². The van der Waals surface area contributed by atoms with Gasteiger partial charge in [-0.05, 0) is 19.1 Å². The van der Waals surface area contributed by atoms with Gasteiger partial charge in [-0.1, -0.05) is 12.1 Å². The van der Waals surface area contributed by atoms with E-state index in [9.17, 15) is 9.90 Å². The highest BCUT2D eigenvalue weighted by Gasteiger charge is 2.17. The quantitative estimate of drug-likeness (QED) is 0.658. The second kappa shape index (κ2) is 4.05. The number of carbonyl (C=O) groups excluding carboxylic acids is 1. The Morgan fingerprint density at radius 2 is 2.08 bits per heavy atom. The monoisotopic (exact) mass is 178 g/mol. The minimum Gasteiger partial charge on any atom is -0.496 e. The van der Waals surface area contributed by atoms with Gasteiger partial charge in [-0.25, -0.2) is 5.11 Å². The summed E-state index contributed by atoms with van der Waals surface area (Å²) >= 11 is 0. The molecule has 0 N–H and O–H groups in total. The molecule has 0 saturated heterocycles. The fraction of sp³-hybridized carbons (Fsp3) is 0.200. The molecule has 0 aromatic heterocycles. The van der Waals surface area contributed by atoms with E-state index in [4.69, 9.17) is 4.74 Å². The van der Waals surface area contributed by atoms with E-state index in [1.807, 2.05) is 0 Å². The van der Waals surface area contributed by atoms with Gasteiger partial charge < -0.3 is 4.74 Å². The number of ether oxygens (including phenoxy) is 1. The summed E-state index contributed by atoms with van der Waals surface area (Å²) in [5, 5.41) is 10.8. The summed E-state index contributed by atoms with van der Waals surface area (Å²) < 4.78 is 4.93. The third-order valence-electron chi connectivity index (χ3n) is 1.66. The molecule has 1 atom stereocenters. The number of ketones is 1. The SMILES string of the molecule is [CH2]C([O])C(=O)c1ccccc1OC. The third-order valence-corrected chi connectivity index (χ3v) is 1.66. The first-order valence-electron chi connectivity index (χ1n) is 3.83. The summed E-state index contributed by atoms with van der Waals surface area (Å²) in [6, 6.07) is 6.60. The smallest absolute Gasteiger partial charge is 0.198 e. The first-order chi connectivity index (χ1) is 6.16. The molecule has 0 aliphatic carbocycles. The minimum atomic E-state index is -1.49. The van der Waals surface area contributed by atoms with Gasteiger partial charge in [-0.15, -0.1) is 0 Å². The van der Waals surface area contributed by atoms with Crippen LogP contribution < -0.4 is 4.74 Å². The second-order valence-corrected chi connectivity index (χ2v) is 2.55. The van der Waals surface area contributed by atoms with E-state index in [-0.39, 0.29) is 0 Å². The number of methoxy groups -OCH3 is 1. The molecule has 0 fully saturated rings. The maximum atomic E-state index is 11.3. The number of benzene rings is 1. The lowest BCUT2D eigenvalue weighted by Crippen LogP contribution is -2.15. The van der Waals surface area contributed by atoms with E-state index in [0.29, 0.717) is 11.3 Å². The molecule has 0 aliphatic heterocycles. The first-order valence-corrected chi connectivity index (χ1v) is 3.83. The normalized spacial score (nSPS) is 12.2. The Kier molecular flexibility index (Phi) is 3.03. The standard InChI is InChI=1S/C10H10O3/c1-7(11)10(12)8-5-3-4-6-9(8)13-2/h3-7H,1H2,2H3. The topological polar surface area (TPSA) is 46.2 Å². The molecule has 0 saturated carbocycles. The maximum absolute atomic E-state index is 11.3. The van der Waals surface area contributed by atoms with Crippen molar-refractivity contribution in [1.82, 2.24) is 0 Å². The highest BCUT2D eigenvalue weighted by atomic mass is 16.5. The fourth-order valence-corrected chi connectivity index (χ4v) is 1.02. The predicted octanol–water partition coefficient (Wildman–Crippen LogP) is 1.51. The van der Waals surface area contributed by atoms with Crippen molar-refractivity contribution in [3.63, 3.8) is 0 Å². The van der Waals surface area contributed by atoms with Crippen LogP contribution in [0.15, 0.2) is 24.3 Å². The molecule has 68 valence electrons. The molecule has 0 spiro atoms. The largest absolute Gasteiger partial charge is 0.496 e. The number of hydrogen-bond acceptors (Lipinski definition) is 2. The van der Waals surface area contributed by atoms with E-state index < -0.39 is 11.9 Å². The molecule has 1 aromatic rings. The molecule has 0 aliphatic rings. The van der Waals surface area contributed by atoms with Crippen LogP contribution >= 0.6 is 0 Å². The molecular weight excluding hydrogens is 168 g/mol. The van der Waals surface area contributed by atoms with Gasteiger partial charge in [0, 0.05) is 0 Å². The van der Waals surface area contributed by atoms with Crippen LogP contribution in [0, 0.1) is 6.92 Å². The Bertz CT molecular complexity index is 305. The lowest BCUT2D eigenvalue weighted by Gasteiger charge is -2.06. The summed E-state index contributed by atoms with van der Waals surface area (Å²) in [5.74, 6) is -0.130. The average Bonchev–Trinajstić information content (AvgIpc) is 2.16. The molecular formula is C10H10O3. The van der Waals surface area contributed by atoms with Gasteiger partial charge in [-0.2, -0.15) is 0 Å². The number of carbonyl (C=O) groups is 1. The van der Waals surface area contributed by atoms with Gasteiger partial charge in [0.15, 0.2) is 11.9 Å². The lowest BCUT2D eigenvalue weighted by molar-refractivity contribution is 0.0669. The summed E-state index contributed by atoms with van der Waals surface area (Å²) in [7, 11) is 1.45. The Labute approximate surface area is 77.0 Å². The third kappa shape index (κ3) is 2.06. The Morgan fingerprint density at radius 3 is 2.62 bits per heavy atom. The van der Waals surface area contributed by atoms with Crippen molar-refractivity contribution in [2.75, 3.05) is 7.11 Å². The van der Waals surface area contributed by atoms with Crippen LogP contribution in [0.25, 0.3) is 0 Å². The summed E-state index contributed by atoms with van der Waals surface area (Å²) in [6.07, 6.45) is -1.49.